The van der Waals surface area contributed by atoms with Crippen LogP contribution in [0.2, 0.25) is 0 Å². The van der Waals surface area contributed by atoms with Crippen molar-refractivity contribution >= 4 is 54.9 Å². The molecule has 0 fully saturated rings. The predicted octanol–water partition coefficient (Wildman–Crippen LogP) is 5.05. The van der Waals surface area contributed by atoms with E-state index in [1.807, 2.05) is 19.1 Å². The molecule has 0 aliphatic carbocycles. The molecule has 0 atom stereocenters. The minimum atomic E-state index is -0.689. The summed E-state index contributed by atoms with van der Waals surface area (Å²) in [4.78, 5) is 24.9. The molecule has 0 aliphatic heterocycles. The topological polar surface area (TPSA) is 64.6 Å². The van der Waals surface area contributed by atoms with Gasteiger partial charge in [-0.3, -0.25) is 4.79 Å². The fourth-order valence-electron chi connectivity index (χ4n) is 2.72. The zero-order valence-corrected chi connectivity index (χ0v) is 17.6. The van der Waals surface area contributed by atoms with E-state index in [-0.39, 0.29) is 11.5 Å². The largest absolute Gasteiger partial charge is 0.451 e. The molecule has 1 aromatic heterocycles. The molecule has 0 saturated heterocycles. The fraction of sp³-hybridized carbons (Fsp3) is 0.200. The van der Waals surface area contributed by atoms with Gasteiger partial charge in [-0.1, -0.05) is 12.1 Å². The summed E-state index contributed by atoms with van der Waals surface area (Å²) in [5.41, 5.74) is 2.04. The van der Waals surface area contributed by atoms with Gasteiger partial charge >= 0.3 is 5.97 Å². The number of thiophene rings is 1. The summed E-state index contributed by atoms with van der Waals surface area (Å²) in [6.07, 6.45) is 0. The highest BCUT2D eigenvalue weighted by Crippen LogP contribution is 2.34. The first-order valence-corrected chi connectivity index (χ1v) is 9.93. The summed E-state index contributed by atoms with van der Waals surface area (Å²) in [5.74, 6) is -1.59. The van der Waals surface area contributed by atoms with Crippen LogP contribution in [0.15, 0.2) is 40.9 Å². The van der Waals surface area contributed by atoms with Crippen molar-refractivity contribution in [2.75, 3.05) is 19.0 Å². The molecule has 0 aliphatic rings. The average Bonchev–Trinajstić information content (AvgIpc) is 3.02. The number of aryl methyl sites for hydroxylation is 1. The number of ether oxygens (including phenoxy) is 2. The van der Waals surface area contributed by atoms with Crippen LogP contribution in [0.5, 0.6) is 0 Å². The van der Waals surface area contributed by atoms with Crippen LogP contribution in [-0.4, -0.2) is 25.6 Å². The molecule has 5 nitrogen and oxygen atoms in total. The Kier molecular flexibility index (Phi) is 6.43. The number of nitrogens with one attached hydrogen (secondary N) is 1. The molecular formula is C20H17BrFNO4S. The van der Waals surface area contributed by atoms with Crippen LogP contribution < -0.4 is 5.32 Å². The molecule has 0 unspecified atom stereocenters. The van der Waals surface area contributed by atoms with Gasteiger partial charge in [0.15, 0.2) is 6.61 Å². The van der Waals surface area contributed by atoms with Crippen LogP contribution in [0.3, 0.4) is 0 Å². The number of rotatable bonds is 6. The van der Waals surface area contributed by atoms with Crippen LogP contribution in [0.1, 0.15) is 20.8 Å². The first-order valence-electron chi connectivity index (χ1n) is 8.32. The lowest BCUT2D eigenvalue weighted by Gasteiger charge is -2.09. The fourth-order valence-corrected chi connectivity index (χ4v) is 4.43. The third-order valence-corrected chi connectivity index (χ3v) is 5.80. The second-order valence-electron chi connectivity index (χ2n) is 6.06. The summed E-state index contributed by atoms with van der Waals surface area (Å²) in [6.45, 7) is 1.54. The van der Waals surface area contributed by atoms with Crippen molar-refractivity contribution in [3.63, 3.8) is 0 Å². The van der Waals surface area contributed by atoms with Crippen molar-refractivity contribution in [2.24, 2.45) is 0 Å². The number of methoxy groups -OCH3 is 1. The van der Waals surface area contributed by atoms with Gasteiger partial charge in [0.2, 0.25) is 0 Å². The molecular weight excluding hydrogens is 449 g/mol. The van der Waals surface area contributed by atoms with E-state index in [1.54, 1.807) is 18.2 Å². The number of carbonyl (C=O) groups is 2. The Bertz CT molecular complexity index is 1050. The van der Waals surface area contributed by atoms with Crippen LogP contribution in [-0.2, 0) is 20.9 Å². The Morgan fingerprint density at radius 2 is 2.04 bits per heavy atom. The third-order valence-electron chi connectivity index (χ3n) is 3.97. The molecule has 2 aromatic carbocycles. The quantitative estimate of drug-likeness (QED) is 0.517. The summed E-state index contributed by atoms with van der Waals surface area (Å²) in [5, 5.41) is 3.02. The number of halogens is 2. The van der Waals surface area contributed by atoms with Crippen LogP contribution >= 0.6 is 27.3 Å². The zero-order chi connectivity index (χ0) is 20.3. The van der Waals surface area contributed by atoms with E-state index in [4.69, 9.17) is 9.47 Å². The Labute approximate surface area is 173 Å². The van der Waals surface area contributed by atoms with E-state index in [0.717, 1.165) is 21.4 Å². The number of hydrogen-bond acceptors (Lipinski definition) is 5. The van der Waals surface area contributed by atoms with Gasteiger partial charge in [0.1, 0.15) is 10.7 Å². The maximum Gasteiger partial charge on any atom is 0.349 e. The molecule has 1 amide bonds. The molecule has 3 rings (SSSR count). The minimum absolute atomic E-state index is 0.0634. The highest BCUT2D eigenvalue weighted by Gasteiger charge is 2.22. The van der Waals surface area contributed by atoms with E-state index in [0.29, 0.717) is 21.3 Å². The SMILES string of the molecule is COCc1c(C(=O)OCC(=O)Nc2ccc(C)cc2Br)sc2cccc(F)c12. The molecule has 146 valence electrons. The third kappa shape index (κ3) is 4.40. The highest BCUT2D eigenvalue weighted by atomic mass is 79.9. The number of anilines is 1. The van der Waals surface area contributed by atoms with Crippen LogP contribution in [0.4, 0.5) is 10.1 Å². The number of fused-ring (bicyclic) bond motifs is 1. The molecule has 1 N–H and O–H groups in total. The maximum atomic E-state index is 14.2. The van der Waals surface area contributed by atoms with Crippen molar-refractivity contribution in [1.82, 2.24) is 0 Å². The monoisotopic (exact) mass is 465 g/mol. The molecule has 0 bridgehead atoms. The standard InChI is InChI=1S/C20H17BrFNO4S/c1-11-6-7-15(13(21)8-11)23-17(24)10-27-20(25)19-12(9-26-2)18-14(22)4-3-5-16(18)28-19/h3-8H,9-10H2,1-2H3,(H,23,24). The van der Waals surface area contributed by atoms with E-state index in [1.165, 1.54) is 13.2 Å². The molecule has 0 spiro atoms. The normalized spacial score (nSPS) is 10.9. The number of carbonyl (C=O) groups excluding carboxylic acids is 2. The Morgan fingerprint density at radius 3 is 2.75 bits per heavy atom. The number of esters is 1. The number of amides is 1. The predicted molar refractivity (Wildman–Crippen MR) is 110 cm³/mol. The van der Waals surface area contributed by atoms with Gasteiger partial charge in [0.25, 0.3) is 5.91 Å². The second-order valence-corrected chi connectivity index (χ2v) is 7.97. The summed E-state index contributed by atoms with van der Waals surface area (Å²) in [6, 6.07) is 10.1. The van der Waals surface area contributed by atoms with Crippen molar-refractivity contribution in [3.8, 4) is 0 Å². The molecule has 3 aromatic rings. The van der Waals surface area contributed by atoms with E-state index in [2.05, 4.69) is 21.2 Å². The second kappa shape index (κ2) is 8.81. The first-order chi connectivity index (χ1) is 13.4. The lowest BCUT2D eigenvalue weighted by Crippen LogP contribution is -2.21. The van der Waals surface area contributed by atoms with Crippen molar-refractivity contribution in [1.29, 1.82) is 0 Å². The Hall–Kier alpha value is -2.29. The average molecular weight is 466 g/mol. The smallest absolute Gasteiger partial charge is 0.349 e. The summed E-state index contributed by atoms with van der Waals surface area (Å²) >= 11 is 4.49. The van der Waals surface area contributed by atoms with E-state index >= 15 is 0 Å². The van der Waals surface area contributed by atoms with Gasteiger partial charge in [0, 0.05) is 27.2 Å². The highest BCUT2D eigenvalue weighted by molar-refractivity contribution is 9.10. The van der Waals surface area contributed by atoms with Crippen LogP contribution in [0, 0.1) is 12.7 Å². The molecule has 1 heterocycles. The van der Waals surface area contributed by atoms with Gasteiger partial charge in [-0.25, -0.2) is 9.18 Å². The molecule has 8 heteroatoms. The van der Waals surface area contributed by atoms with Gasteiger partial charge in [-0.05, 0) is 52.7 Å². The van der Waals surface area contributed by atoms with Crippen LogP contribution in [0.25, 0.3) is 10.1 Å². The summed E-state index contributed by atoms with van der Waals surface area (Å²) in [7, 11) is 1.46. The summed E-state index contributed by atoms with van der Waals surface area (Å²) < 4.78 is 25.8. The minimum Gasteiger partial charge on any atom is -0.451 e. The van der Waals surface area contributed by atoms with Crippen molar-refractivity contribution < 1.29 is 23.5 Å². The number of hydrogen-bond donors (Lipinski definition) is 1. The maximum absolute atomic E-state index is 14.2. The Morgan fingerprint density at radius 1 is 1.25 bits per heavy atom. The lowest BCUT2D eigenvalue weighted by molar-refractivity contribution is -0.119. The van der Waals surface area contributed by atoms with Gasteiger partial charge < -0.3 is 14.8 Å². The van der Waals surface area contributed by atoms with Crippen molar-refractivity contribution in [3.05, 3.63) is 62.7 Å². The van der Waals surface area contributed by atoms with E-state index < -0.39 is 24.3 Å². The lowest BCUT2D eigenvalue weighted by atomic mass is 10.1. The number of benzene rings is 2. The van der Waals surface area contributed by atoms with Gasteiger partial charge in [-0.2, -0.15) is 0 Å². The van der Waals surface area contributed by atoms with Gasteiger partial charge in [-0.15, -0.1) is 11.3 Å². The molecule has 0 saturated carbocycles. The first kappa shape index (κ1) is 20.4. The van der Waals surface area contributed by atoms with E-state index in [9.17, 15) is 14.0 Å². The zero-order valence-electron chi connectivity index (χ0n) is 15.2. The molecule has 0 radical (unpaired) electrons. The van der Waals surface area contributed by atoms with Gasteiger partial charge in [0.05, 0.1) is 12.3 Å². The molecule has 28 heavy (non-hydrogen) atoms. The Balaban J connectivity index is 1.73. The van der Waals surface area contributed by atoms with Crippen molar-refractivity contribution in [2.45, 2.75) is 13.5 Å².